The summed E-state index contributed by atoms with van der Waals surface area (Å²) in [4.78, 5) is 21.9. The van der Waals surface area contributed by atoms with Crippen LogP contribution in [0.3, 0.4) is 0 Å². The predicted molar refractivity (Wildman–Crippen MR) is 142 cm³/mol. The van der Waals surface area contributed by atoms with Crippen molar-refractivity contribution in [2.75, 3.05) is 19.3 Å². The number of amides is 1. The smallest absolute Gasteiger partial charge is 0.254 e. The van der Waals surface area contributed by atoms with Gasteiger partial charge in [0.2, 0.25) is 0 Å². The number of anilines is 1. The molecule has 10 heteroatoms. The highest BCUT2D eigenvalue weighted by atomic mass is 127. The van der Waals surface area contributed by atoms with Crippen molar-refractivity contribution in [1.82, 2.24) is 20.6 Å². The van der Waals surface area contributed by atoms with Gasteiger partial charge in [0.15, 0.2) is 0 Å². The molecule has 0 aliphatic heterocycles. The molecule has 1 aliphatic carbocycles. The van der Waals surface area contributed by atoms with E-state index in [1.165, 1.54) is 24.3 Å². The number of nitrogens with one attached hydrogen (secondary N) is 2. The highest BCUT2D eigenvalue weighted by Gasteiger charge is 2.24. The van der Waals surface area contributed by atoms with Crippen molar-refractivity contribution >= 4 is 34.3 Å². The topological polar surface area (TPSA) is 113 Å². The minimum absolute atomic E-state index is 0.144. The lowest BCUT2D eigenvalue weighted by atomic mass is 9.85. The lowest BCUT2D eigenvalue weighted by molar-refractivity contribution is 0.0932. The van der Waals surface area contributed by atoms with Gasteiger partial charge in [0.1, 0.15) is 23.1 Å². The van der Waals surface area contributed by atoms with Crippen LogP contribution in [0.4, 0.5) is 14.6 Å². The van der Waals surface area contributed by atoms with Gasteiger partial charge in [-0.15, -0.1) is 0 Å². The molecule has 1 heterocycles. The molecule has 1 aliphatic rings. The summed E-state index contributed by atoms with van der Waals surface area (Å²) in [6.45, 7) is 0.335. The number of aromatic nitrogens is 2. The standard InChI is InChI=1S/C26H28F2IN5O2/c1-31-12-22(16-8-17(27)11-18(29)9-16)34-26(36)20-7-4-15(10-21(20)28)24-25(30)32-13-23(33-24)14-2-5-19(35)6-3-14/h4,7-11,13-14,19,22,31,35H,2-3,5-6,12H2,1H3,(H2,30,32)(H,34,36)/t14-,19-,22-/m1/s1. The van der Waals surface area contributed by atoms with Crippen molar-refractivity contribution in [3.63, 3.8) is 0 Å². The van der Waals surface area contributed by atoms with E-state index in [1.807, 2.05) is 22.6 Å². The van der Waals surface area contributed by atoms with Gasteiger partial charge >= 0.3 is 0 Å². The van der Waals surface area contributed by atoms with E-state index in [-0.39, 0.29) is 23.4 Å². The first-order valence-corrected chi connectivity index (χ1v) is 12.8. The first kappa shape index (κ1) is 26.4. The van der Waals surface area contributed by atoms with Gasteiger partial charge in [-0.25, -0.2) is 18.7 Å². The summed E-state index contributed by atoms with van der Waals surface area (Å²) in [5, 5.41) is 15.5. The summed E-state index contributed by atoms with van der Waals surface area (Å²) in [6, 6.07) is 8.15. The number of aliphatic hydroxyl groups excluding tert-OH is 1. The van der Waals surface area contributed by atoms with E-state index in [4.69, 9.17) is 5.73 Å². The SMILES string of the molecule is CNC[C@@H](NC(=O)c1ccc(-c2nc([C@H]3CC[C@H](O)CC3)cnc2N)cc1F)c1cc(F)cc(I)c1. The van der Waals surface area contributed by atoms with Crippen LogP contribution in [0.15, 0.2) is 42.6 Å². The maximum atomic E-state index is 15.1. The van der Waals surface area contributed by atoms with Gasteiger partial charge in [0, 0.05) is 21.6 Å². The Morgan fingerprint density at radius 3 is 2.61 bits per heavy atom. The highest BCUT2D eigenvalue weighted by molar-refractivity contribution is 14.1. The Balaban J connectivity index is 1.56. The molecule has 3 aromatic rings. The summed E-state index contributed by atoms with van der Waals surface area (Å²) in [5.74, 6) is -1.43. The lowest BCUT2D eigenvalue weighted by Gasteiger charge is -2.25. The van der Waals surface area contributed by atoms with Crippen molar-refractivity contribution in [3.8, 4) is 11.3 Å². The number of aliphatic hydroxyl groups is 1. The minimum atomic E-state index is -0.727. The number of carbonyl (C=O) groups is 1. The molecular weight excluding hydrogens is 579 g/mol. The third-order valence-corrected chi connectivity index (χ3v) is 7.05. The van der Waals surface area contributed by atoms with Gasteiger partial charge in [-0.3, -0.25) is 4.79 Å². The number of hydrogen-bond acceptors (Lipinski definition) is 6. The van der Waals surface area contributed by atoms with Gasteiger partial charge in [-0.05, 0) is 91.2 Å². The quantitative estimate of drug-likeness (QED) is 0.298. The fraction of sp³-hybridized carbons (Fsp3) is 0.346. The molecule has 36 heavy (non-hydrogen) atoms. The van der Waals surface area contributed by atoms with Crippen LogP contribution in [0, 0.1) is 15.2 Å². The molecule has 0 unspecified atom stereocenters. The number of likely N-dealkylation sites (N-methyl/N-ethyl adjacent to an activating group) is 1. The Labute approximate surface area is 222 Å². The molecule has 1 fully saturated rings. The second-order valence-corrected chi connectivity index (χ2v) is 10.3. The molecule has 4 rings (SSSR count). The van der Waals surface area contributed by atoms with Crippen LogP contribution in [0.2, 0.25) is 0 Å². The van der Waals surface area contributed by atoms with E-state index in [2.05, 4.69) is 20.6 Å². The van der Waals surface area contributed by atoms with Gasteiger partial charge in [0.05, 0.1) is 29.6 Å². The second-order valence-electron chi connectivity index (χ2n) is 9.02. The third kappa shape index (κ3) is 6.16. The fourth-order valence-corrected chi connectivity index (χ4v) is 5.17. The van der Waals surface area contributed by atoms with Crippen molar-refractivity contribution in [2.24, 2.45) is 0 Å². The van der Waals surface area contributed by atoms with E-state index in [0.29, 0.717) is 39.8 Å². The Morgan fingerprint density at radius 2 is 1.94 bits per heavy atom. The van der Waals surface area contributed by atoms with Gasteiger partial charge in [0.25, 0.3) is 5.91 Å². The highest BCUT2D eigenvalue weighted by Crippen LogP contribution is 2.34. The molecular formula is C26H28F2IN5O2. The zero-order valence-corrected chi connectivity index (χ0v) is 21.9. The maximum Gasteiger partial charge on any atom is 0.254 e. The van der Waals surface area contributed by atoms with Crippen LogP contribution in [-0.2, 0) is 0 Å². The Hall–Kier alpha value is -2.70. The zero-order chi connectivity index (χ0) is 25.8. The largest absolute Gasteiger partial charge is 0.393 e. The number of rotatable bonds is 7. The summed E-state index contributed by atoms with van der Waals surface area (Å²) in [6.07, 6.45) is 4.35. The molecule has 0 radical (unpaired) electrons. The third-order valence-electron chi connectivity index (χ3n) is 6.42. The first-order valence-electron chi connectivity index (χ1n) is 11.8. The van der Waals surface area contributed by atoms with Crippen LogP contribution >= 0.6 is 22.6 Å². The average molecular weight is 607 g/mol. The molecule has 7 nitrogen and oxygen atoms in total. The van der Waals surface area contributed by atoms with Gasteiger partial charge in [-0.1, -0.05) is 6.07 Å². The molecule has 1 atom stereocenters. The van der Waals surface area contributed by atoms with Crippen molar-refractivity contribution in [1.29, 1.82) is 0 Å². The normalized spacial score (nSPS) is 18.6. The van der Waals surface area contributed by atoms with Crippen molar-refractivity contribution in [3.05, 3.63) is 74.6 Å². The lowest BCUT2D eigenvalue weighted by Crippen LogP contribution is -2.35. The summed E-state index contributed by atoms with van der Waals surface area (Å²) in [5.41, 5.74) is 8.02. The predicted octanol–water partition coefficient (Wildman–Crippen LogP) is 4.32. The van der Waals surface area contributed by atoms with E-state index in [0.717, 1.165) is 18.5 Å². The molecule has 2 aromatic carbocycles. The van der Waals surface area contributed by atoms with Crippen molar-refractivity contribution in [2.45, 2.75) is 43.7 Å². The molecule has 0 spiro atoms. The average Bonchev–Trinajstić information content (AvgIpc) is 2.84. The zero-order valence-electron chi connectivity index (χ0n) is 19.8. The fourth-order valence-electron chi connectivity index (χ4n) is 4.51. The summed E-state index contributed by atoms with van der Waals surface area (Å²) in [7, 11) is 1.72. The van der Waals surface area contributed by atoms with Crippen LogP contribution in [0.1, 0.15) is 59.3 Å². The maximum absolute atomic E-state index is 15.1. The van der Waals surface area contributed by atoms with E-state index in [1.54, 1.807) is 25.4 Å². The Bertz CT molecular complexity index is 1230. The molecule has 1 amide bonds. The number of nitrogens with two attached hydrogens (primary N) is 1. The number of carbonyl (C=O) groups excluding carboxylic acids is 1. The summed E-state index contributed by atoms with van der Waals surface area (Å²) < 4.78 is 29.7. The number of halogens is 3. The van der Waals surface area contributed by atoms with E-state index in [9.17, 15) is 14.3 Å². The number of hydrogen-bond donors (Lipinski definition) is 4. The number of nitrogens with zero attached hydrogens (tertiary/aromatic N) is 2. The minimum Gasteiger partial charge on any atom is -0.393 e. The van der Waals surface area contributed by atoms with Gasteiger partial charge < -0.3 is 21.5 Å². The molecule has 190 valence electrons. The molecule has 5 N–H and O–H groups in total. The van der Waals surface area contributed by atoms with Crippen molar-refractivity contribution < 1.29 is 18.7 Å². The van der Waals surface area contributed by atoms with E-state index >= 15 is 4.39 Å². The molecule has 1 saturated carbocycles. The number of nitrogen functional groups attached to an aromatic ring is 1. The van der Waals surface area contributed by atoms with Crippen LogP contribution in [-0.4, -0.2) is 40.7 Å². The van der Waals surface area contributed by atoms with Gasteiger partial charge in [-0.2, -0.15) is 0 Å². The molecule has 0 saturated heterocycles. The van der Waals surface area contributed by atoms with E-state index < -0.39 is 23.6 Å². The molecule has 1 aromatic heterocycles. The Kier molecular flexibility index (Phi) is 8.47. The molecule has 0 bridgehead atoms. The summed E-state index contributed by atoms with van der Waals surface area (Å²) >= 11 is 2.01. The first-order chi connectivity index (χ1) is 17.2. The monoisotopic (exact) mass is 607 g/mol. The second kappa shape index (κ2) is 11.6. The van der Waals surface area contributed by atoms with Crippen LogP contribution in [0.25, 0.3) is 11.3 Å². The Morgan fingerprint density at radius 1 is 1.19 bits per heavy atom. The number of benzene rings is 2. The van der Waals surface area contributed by atoms with Crippen LogP contribution < -0.4 is 16.4 Å². The van der Waals surface area contributed by atoms with Crippen LogP contribution in [0.5, 0.6) is 0 Å².